The number of carbonyl (C=O) groups is 3. The van der Waals surface area contributed by atoms with E-state index < -0.39 is 5.91 Å². The highest BCUT2D eigenvalue weighted by Crippen LogP contribution is 2.25. The Hall–Kier alpha value is -4.92. The monoisotopic (exact) mass is 494 g/mol. The van der Waals surface area contributed by atoms with Crippen molar-refractivity contribution >= 4 is 52.0 Å². The predicted molar refractivity (Wildman–Crippen MR) is 144 cm³/mol. The van der Waals surface area contributed by atoms with Crippen LogP contribution in [0.15, 0.2) is 72.9 Å². The van der Waals surface area contributed by atoms with Crippen LogP contribution in [0.4, 0.5) is 16.3 Å². The standard InChI is InChI=1S/C28H26N6O3/c1-33-13-14-34(28(33)37)21-9-7-18(8-10-21)15-25(35)31-24-12-11-22-20(17-30-27(22)32-24)16-23(26(29)36)19-5-3-2-4-6-19/h2-12,16-17H,13-15H2,1H3,(H2,29,36)(H2,30,31,32,35). The second-order valence-electron chi connectivity index (χ2n) is 8.87. The molecule has 3 heterocycles. The fourth-order valence-corrected chi connectivity index (χ4v) is 4.34. The molecule has 186 valence electrons. The zero-order chi connectivity index (χ0) is 25.9. The van der Waals surface area contributed by atoms with Crippen LogP contribution in [0.2, 0.25) is 0 Å². The minimum atomic E-state index is -0.523. The first kappa shape index (κ1) is 23.8. The van der Waals surface area contributed by atoms with E-state index in [-0.39, 0.29) is 18.4 Å². The number of nitrogens with zero attached hydrogens (tertiary/aromatic N) is 3. The Morgan fingerprint density at radius 2 is 1.81 bits per heavy atom. The van der Waals surface area contributed by atoms with Gasteiger partial charge in [0.2, 0.25) is 11.8 Å². The summed E-state index contributed by atoms with van der Waals surface area (Å²) >= 11 is 0. The summed E-state index contributed by atoms with van der Waals surface area (Å²) in [6.45, 7) is 1.34. The smallest absolute Gasteiger partial charge is 0.324 e. The van der Waals surface area contributed by atoms with E-state index in [0.717, 1.165) is 27.8 Å². The summed E-state index contributed by atoms with van der Waals surface area (Å²) in [6, 6.07) is 20.2. The number of anilines is 2. The molecule has 2 aromatic heterocycles. The van der Waals surface area contributed by atoms with Crippen LogP contribution in [-0.2, 0) is 16.0 Å². The Morgan fingerprint density at radius 1 is 1.05 bits per heavy atom. The van der Waals surface area contributed by atoms with Gasteiger partial charge in [-0.25, -0.2) is 9.78 Å². The second kappa shape index (κ2) is 9.98. The Morgan fingerprint density at radius 3 is 2.49 bits per heavy atom. The molecule has 1 saturated heterocycles. The molecular formula is C28H26N6O3. The number of pyridine rings is 1. The molecule has 5 rings (SSSR count). The molecule has 0 saturated carbocycles. The van der Waals surface area contributed by atoms with Gasteiger partial charge < -0.3 is 20.9 Å². The van der Waals surface area contributed by atoms with E-state index in [1.807, 2.05) is 60.7 Å². The van der Waals surface area contributed by atoms with E-state index in [1.54, 1.807) is 35.2 Å². The zero-order valence-electron chi connectivity index (χ0n) is 20.3. The minimum Gasteiger partial charge on any atom is -0.366 e. The summed E-state index contributed by atoms with van der Waals surface area (Å²) < 4.78 is 0. The average molecular weight is 495 g/mol. The van der Waals surface area contributed by atoms with Crippen LogP contribution in [0.25, 0.3) is 22.7 Å². The van der Waals surface area contributed by atoms with Crippen LogP contribution in [0.1, 0.15) is 16.7 Å². The van der Waals surface area contributed by atoms with Gasteiger partial charge in [0.15, 0.2) is 0 Å². The lowest BCUT2D eigenvalue weighted by atomic mass is 10.0. The third-order valence-electron chi connectivity index (χ3n) is 6.32. The van der Waals surface area contributed by atoms with Gasteiger partial charge in [0.1, 0.15) is 11.5 Å². The summed E-state index contributed by atoms with van der Waals surface area (Å²) in [4.78, 5) is 47.9. The van der Waals surface area contributed by atoms with Gasteiger partial charge in [-0.05, 0) is 41.5 Å². The Kier molecular flexibility index (Phi) is 6.42. The van der Waals surface area contributed by atoms with E-state index in [2.05, 4.69) is 15.3 Å². The average Bonchev–Trinajstić information content (AvgIpc) is 3.45. The first-order chi connectivity index (χ1) is 17.9. The van der Waals surface area contributed by atoms with E-state index in [4.69, 9.17) is 5.73 Å². The molecule has 9 heteroatoms. The number of hydrogen-bond donors (Lipinski definition) is 3. The van der Waals surface area contributed by atoms with Gasteiger partial charge in [-0.1, -0.05) is 42.5 Å². The van der Waals surface area contributed by atoms with Crippen molar-refractivity contribution in [3.05, 3.63) is 89.6 Å². The van der Waals surface area contributed by atoms with E-state index in [9.17, 15) is 14.4 Å². The Balaban J connectivity index is 1.27. The SMILES string of the molecule is CN1CCN(c2ccc(CC(=O)Nc3ccc4c(C=C(C(N)=O)c5ccccc5)c[nH]c4n3)cc2)C1=O. The fourth-order valence-electron chi connectivity index (χ4n) is 4.34. The summed E-state index contributed by atoms with van der Waals surface area (Å²) in [6.07, 6.45) is 3.65. The topological polar surface area (TPSA) is 124 Å². The van der Waals surface area contributed by atoms with Gasteiger partial charge in [0.05, 0.1) is 6.42 Å². The molecule has 4 amide bonds. The lowest BCUT2D eigenvalue weighted by molar-refractivity contribution is -0.115. The lowest BCUT2D eigenvalue weighted by Gasteiger charge is -2.16. The molecule has 9 nitrogen and oxygen atoms in total. The Labute approximate surface area is 213 Å². The van der Waals surface area contributed by atoms with Gasteiger partial charge in [0, 0.05) is 48.5 Å². The highest BCUT2D eigenvalue weighted by atomic mass is 16.2. The number of primary amides is 1. The van der Waals surface area contributed by atoms with Crippen molar-refractivity contribution in [2.75, 3.05) is 30.4 Å². The normalized spacial score (nSPS) is 13.9. The van der Waals surface area contributed by atoms with Gasteiger partial charge in [-0.2, -0.15) is 0 Å². The molecule has 1 fully saturated rings. The number of likely N-dealkylation sites (N-methyl/N-ethyl adjacent to an activating group) is 1. The highest BCUT2D eigenvalue weighted by molar-refractivity contribution is 6.24. The summed E-state index contributed by atoms with van der Waals surface area (Å²) in [7, 11) is 1.78. The number of amides is 4. The number of aromatic amines is 1. The third-order valence-corrected chi connectivity index (χ3v) is 6.32. The van der Waals surface area contributed by atoms with Crippen LogP contribution < -0.4 is 16.0 Å². The summed E-state index contributed by atoms with van der Waals surface area (Å²) in [5.74, 6) is -0.316. The van der Waals surface area contributed by atoms with E-state index >= 15 is 0 Å². The van der Waals surface area contributed by atoms with Gasteiger partial charge in [-0.3, -0.25) is 14.5 Å². The molecule has 1 aliphatic rings. The summed E-state index contributed by atoms with van der Waals surface area (Å²) in [5.41, 5.74) is 9.73. The van der Waals surface area contributed by atoms with Crippen LogP contribution in [0.5, 0.6) is 0 Å². The fraction of sp³-hybridized carbons (Fsp3) is 0.143. The van der Waals surface area contributed by atoms with Crippen molar-refractivity contribution in [1.29, 1.82) is 0 Å². The van der Waals surface area contributed by atoms with Crippen LogP contribution in [0, 0.1) is 0 Å². The number of fused-ring (bicyclic) bond motifs is 1. The van der Waals surface area contributed by atoms with E-state index in [1.165, 1.54) is 0 Å². The number of urea groups is 1. The third kappa shape index (κ3) is 5.06. The minimum absolute atomic E-state index is 0.0270. The molecule has 0 spiro atoms. The molecule has 2 aromatic carbocycles. The van der Waals surface area contributed by atoms with Crippen molar-refractivity contribution in [3.63, 3.8) is 0 Å². The molecule has 0 radical (unpaired) electrons. The number of nitrogens with two attached hydrogens (primary N) is 1. The van der Waals surface area contributed by atoms with E-state index in [0.29, 0.717) is 30.1 Å². The number of rotatable bonds is 7. The number of aromatic nitrogens is 2. The number of nitrogens with one attached hydrogen (secondary N) is 2. The number of H-pyrrole nitrogens is 1. The highest BCUT2D eigenvalue weighted by Gasteiger charge is 2.26. The van der Waals surface area contributed by atoms with Crippen molar-refractivity contribution in [3.8, 4) is 0 Å². The quantitative estimate of drug-likeness (QED) is 0.339. The van der Waals surface area contributed by atoms with Crippen molar-refractivity contribution < 1.29 is 14.4 Å². The zero-order valence-corrected chi connectivity index (χ0v) is 20.3. The first-order valence-corrected chi connectivity index (χ1v) is 11.9. The van der Waals surface area contributed by atoms with Gasteiger partial charge in [0.25, 0.3) is 0 Å². The molecule has 0 bridgehead atoms. The maximum atomic E-state index is 12.6. The van der Waals surface area contributed by atoms with Crippen molar-refractivity contribution in [2.45, 2.75) is 6.42 Å². The first-order valence-electron chi connectivity index (χ1n) is 11.9. The molecular weight excluding hydrogens is 468 g/mol. The Bertz CT molecular complexity index is 1510. The number of benzene rings is 2. The van der Waals surface area contributed by atoms with Crippen molar-refractivity contribution in [1.82, 2.24) is 14.9 Å². The molecule has 0 aliphatic carbocycles. The molecule has 0 unspecified atom stereocenters. The molecule has 1 aliphatic heterocycles. The largest absolute Gasteiger partial charge is 0.366 e. The number of carbonyl (C=O) groups excluding carboxylic acids is 3. The second-order valence-corrected chi connectivity index (χ2v) is 8.87. The molecule has 0 atom stereocenters. The van der Waals surface area contributed by atoms with Gasteiger partial charge in [-0.15, -0.1) is 0 Å². The maximum Gasteiger partial charge on any atom is 0.324 e. The lowest BCUT2D eigenvalue weighted by Crippen LogP contribution is -2.29. The number of hydrogen-bond acceptors (Lipinski definition) is 4. The van der Waals surface area contributed by atoms with Crippen LogP contribution >= 0.6 is 0 Å². The van der Waals surface area contributed by atoms with Crippen LogP contribution in [-0.4, -0.2) is 52.9 Å². The summed E-state index contributed by atoms with van der Waals surface area (Å²) in [5, 5.41) is 3.63. The molecule has 4 N–H and O–H groups in total. The predicted octanol–water partition coefficient (Wildman–Crippen LogP) is 3.64. The molecule has 4 aromatic rings. The van der Waals surface area contributed by atoms with Crippen LogP contribution in [0.3, 0.4) is 0 Å². The van der Waals surface area contributed by atoms with Gasteiger partial charge >= 0.3 is 6.03 Å². The maximum absolute atomic E-state index is 12.6. The molecule has 37 heavy (non-hydrogen) atoms. The van der Waals surface area contributed by atoms with Crippen molar-refractivity contribution in [2.24, 2.45) is 5.73 Å².